The van der Waals surface area contributed by atoms with Crippen LogP contribution in [0.1, 0.15) is 24.4 Å². The molecule has 0 saturated heterocycles. The van der Waals surface area contributed by atoms with Crippen molar-refractivity contribution in [2.75, 3.05) is 17.0 Å². The SMILES string of the molecule is CCC(Nc1cc(NN)nc(SC)n1)c1nccs1. The summed E-state index contributed by atoms with van der Waals surface area (Å²) < 4.78 is 0. The van der Waals surface area contributed by atoms with Crippen molar-refractivity contribution in [2.45, 2.75) is 24.5 Å². The Hall–Kier alpha value is -1.38. The molecular weight excluding hydrogens is 280 g/mol. The Bertz CT molecular complexity index is 494. The molecule has 2 rings (SSSR count). The second-order valence-electron chi connectivity index (χ2n) is 3.74. The maximum absolute atomic E-state index is 5.41. The molecule has 0 aliphatic heterocycles. The van der Waals surface area contributed by atoms with Crippen LogP contribution in [0.4, 0.5) is 11.6 Å². The normalized spacial score (nSPS) is 12.2. The van der Waals surface area contributed by atoms with Crippen LogP contribution < -0.4 is 16.6 Å². The van der Waals surface area contributed by atoms with Crippen molar-refractivity contribution in [3.8, 4) is 0 Å². The molecule has 0 amide bonds. The molecule has 0 saturated carbocycles. The lowest BCUT2D eigenvalue weighted by Gasteiger charge is -2.16. The van der Waals surface area contributed by atoms with Crippen LogP contribution in [0.15, 0.2) is 22.8 Å². The van der Waals surface area contributed by atoms with Crippen molar-refractivity contribution in [3.63, 3.8) is 0 Å². The number of thioether (sulfide) groups is 1. The first-order chi connectivity index (χ1) is 9.26. The van der Waals surface area contributed by atoms with Crippen LogP contribution in [-0.2, 0) is 0 Å². The van der Waals surface area contributed by atoms with Gasteiger partial charge in [-0.1, -0.05) is 18.7 Å². The number of nitrogens with two attached hydrogens (primary N) is 1. The third-order valence-corrected chi connectivity index (χ3v) is 3.95. The van der Waals surface area contributed by atoms with Gasteiger partial charge in [-0.3, -0.25) is 0 Å². The molecule has 0 radical (unpaired) electrons. The number of aromatic nitrogens is 3. The molecule has 1 unspecified atom stereocenters. The van der Waals surface area contributed by atoms with Crippen molar-refractivity contribution in [2.24, 2.45) is 5.84 Å². The molecule has 4 N–H and O–H groups in total. The highest BCUT2D eigenvalue weighted by atomic mass is 32.2. The van der Waals surface area contributed by atoms with Crippen LogP contribution >= 0.6 is 23.1 Å². The van der Waals surface area contributed by atoms with Crippen molar-refractivity contribution < 1.29 is 0 Å². The summed E-state index contributed by atoms with van der Waals surface area (Å²) >= 11 is 3.11. The van der Waals surface area contributed by atoms with Crippen molar-refractivity contribution in [3.05, 3.63) is 22.7 Å². The molecule has 6 nitrogen and oxygen atoms in total. The van der Waals surface area contributed by atoms with E-state index in [4.69, 9.17) is 5.84 Å². The number of hydrazine groups is 1. The number of hydrogen-bond donors (Lipinski definition) is 3. The van der Waals surface area contributed by atoms with E-state index < -0.39 is 0 Å². The zero-order valence-corrected chi connectivity index (χ0v) is 12.4. The fraction of sp³-hybridized carbons (Fsp3) is 0.364. The van der Waals surface area contributed by atoms with Crippen molar-refractivity contribution in [1.82, 2.24) is 15.0 Å². The van der Waals surface area contributed by atoms with Crippen LogP contribution in [0.5, 0.6) is 0 Å². The van der Waals surface area contributed by atoms with Crippen LogP contribution in [0, 0.1) is 0 Å². The van der Waals surface area contributed by atoms with E-state index in [1.807, 2.05) is 17.8 Å². The Morgan fingerprint density at radius 2 is 2.21 bits per heavy atom. The van der Waals surface area contributed by atoms with E-state index in [0.717, 1.165) is 17.2 Å². The van der Waals surface area contributed by atoms with Crippen molar-refractivity contribution >= 4 is 34.7 Å². The van der Waals surface area contributed by atoms with Gasteiger partial charge in [0.2, 0.25) is 0 Å². The van der Waals surface area contributed by atoms with E-state index in [1.165, 1.54) is 11.8 Å². The van der Waals surface area contributed by atoms with Gasteiger partial charge in [-0.05, 0) is 12.7 Å². The van der Waals surface area contributed by atoms with Crippen LogP contribution in [0.25, 0.3) is 0 Å². The number of nitrogens with zero attached hydrogens (tertiary/aromatic N) is 3. The molecule has 8 heteroatoms. The highest BCUT2D eigenvalue weighted by Gasteiger charge is 2.13. The minimum atomic E-state index is 0.148. The summed E-state index contributed by atoms with van der Waals surface area (Å²) in [5.74, 6) is 6.75. The van der Waals surface area contributed by atoms with E-state index in [-0.39, 0.29) is 6.04 Å². The minimum Gasteiger partial charge on any atom is -0.361 e. The fourth-order valence-electron chi connectivity index (χ4n) is 1.59. The predicted molar refractivity (Wildman–Crippen MR) is 80.4 cm³/mol. The minimum absolute atomic E-state index is 0.148. The number of rotatable bonds is 6. The maximum Gasteiger partial charge on any atom is 0.191 e. The van der Waals surface area contributed by atoms with E-state index >= 15 is 0 Å². The molecule has 2 heterocycles. The summed E-state index contributed by atoms with van der Waals surface area (Å²) in [5.41, 5.74) is 2.55. The number of anilines is 2. The average molecular weight is 296 g/mol. The Morgan fingerprint density at radius 1 is 1.42 bits per heavy atom. The first-order valence-electron chi connectivity index (χ1n) is 5.82. The maximum atomic E-state index is 5.41. The van der Waals surface area contributed by atoms with Gasteiger partial charge in [-0.2, -0.15) is 0 Å². The third kappa shape index (κ3) is 3.55. The Kier molecular flexibility index (Phi) is 4.94. The number of hydrogen-bond acceptors (Lipinski definition) is 8. The first kappa shape index (κ1) is 14.0. The van der Waals surface area contributed by atoms with Gasteiger partial charge < -0.3 is 10.7 Å². The molecule has 102 valence electrons. The van der Waals surface area contributed by atoms with E-state index in [1.54, 1.807) is 17.4 Å². The van der Waals surface area contributed by atoms with Crippen LogP contribution in [0.2, 0.25) is 0 Å². The number of nitrogens with one attached hydrogen (secondary N) is 2. The van der Waals surface area contributed by atoms with Gasteiger partial charge >= 0.3 is 0 Å². The van der Waals surface area contributed by atoms with Gasteiger partial charge in [-0.15, -0.1) is 11.3 Å². The second-order valence-corrected chi connectivity index (χ2v) is 5.44. The highest BCUT2D eigenvalue weighted by Crippen LogP contribution is 2.25. The monoisotopic (exact) mass is 296 g/mol. The van der Waals surface area contributed by atoms with Crippen LogP contribution in [-0.4, -0.2) is 21.2 Å². The zero-order valence-electron chi connectivity index (χ0n) is 10.8. The third-order valence-electron chi connectivity index (χ3n) is 2.52. The molecule has 0 aromatic carbocycles. The first-order valence-corrected chi connectivity index (χ1v) is 7.92. The van der Waals surface area contributed by atoms with E-state index in [2.05, 4.69) is 32.6 Å². The molecular formula is C11H16N6S2. The molecule has 0 aliphatic rings. The smallest absolute Gasteiger partial charge is 0.191 e. The Morgan fingerprint density at radius 3 is 2.79 bits per heavy atom. The Labute approximate surface area is 120 Å². The highest BCUT2D eigenvalue weighted by molar-refractivity contribution is 7.98. The summed E-state index contributed by atoms with van der Waals surface area (Å²) in [7, 11) is 0. The molecule has 0 bridgehead atoms. The molecule has 19 heavy (non-hydrogen) atoms. The van der Waals surface area contributed by atoms with Gasteiger partial charge in [0.25, 0.3) is 0 Å². The molecule has 0 spiro atoms. The van der Waals surface area contributed by atoms with Crippen molar-refractivity contribution in [1.29, 1.82) is 0 Å². The standard InChI is InChI=1S/C11H16N6S2/c1-3-7(10-13-4-5-19-10)14-8-6-9(17-12)16-11(15-8)18-2/h4-7H,3,12H2,1-2H3,(H2,14,15,16,17). The quantitative estimate of drug-likeness (QED) is 0.326. The summed E-state index contributed by atoms with van der Waals surface area (Å²) in [5, 5.41) is 7.06. The summed E-state index contributed by atoms with van der Waals surface area (Å²) in [6.07, 6.45) is 4.67. The molecule has 0 fully saturated rings. The zero-order chi connectivity index (χ0) is 13.7. The average Bonchev–Trinajstić information content (AvgIpc) is 2.98. The van der Waals surface area contributed by atoms with Gasteiger partial charge in [0.1, 0.15) is 16.6 Å². The van der Waals surface area contributed by atoms with Crippen LogP contribution in [0.3, 0.4) is 0 Å². The number of thiazole rings is 1. The second kappa shape index (κ2) is 6.69. The van der Waals surface area contributed by atoms with E-state index in [0.29, 0.717) is 11.0 Å². The predicted octanol–water partition coefficient (Wildman–Crippen LogP) is 2.50. The topological polar surface area (TPSA) is 88.8 Å². The number of nitrogen functional groups attached to an aromatic ring is 1. The Balaban J connectivity index is 2.21. The molecule has 2 aromatic rings. The lowest BCUT2D eigenvalue weighted by molar-refractivity contribution is 0.733. The summed E-state index contributed by atoms with van der Waals surface area (Å²) in [4.78, 5) is 13.0. The molecule has 1 atom stereocenters. The largest absolute Gasteiger partial charge is 0.361 e. The summed E-state index contributed by atoms with van der Waals surface area (Å²) in [6, 6.07) is 1.94. The van der Waals surface area contributed by atoms with Gasteiger partial charge in [-0.25, -0.2) is 20.8 Å². The van der Waals surface area contributed by atoms with Gasteiger partial charge in [0.05, 0.1) is 6.04 Å². The lowest BCUT2D eigenvalue weighted by Crippen LogP contribution is -2.14. The molecule has 0 aliphatic carbocycles. The van der Waals surface area contributed by atoms with E-state index in [9.17, 15) is 0 Å². The van der Waals surface area contributed by atoms with Gasteiger partial charge in [0, 0.05) is 17.6 Å². The summed E-state index contributed by atoms with van der Waals surface area (Å²) in [6.45, 7) is 2.11. The molecule has 2 aromatic heterocycles. The van der Waals surface area contributed by atoms with Gasteiger partial charge in [0.15, 0.2) is 5.16 Å². The fourth-order valence-corrected chi connectivity index (χ4v) is 2.74. The lowest BCUT2D eigenvalue weighted by atomic mass is 10.2.